The molecule has 0 amide bonds. The quantitative estimate of drug-likeness (QED) is 0.535. The lowest BCUT2D eigenvalue weighted by Crippen LogP contribution is -2.26. The summed E-state index contributed by atoms with van der Waals surface area (Å²) in [6.07, 6.45) is 10.2. The summed E-state index contributed by atoms with van der Waals surface area (Å²) in [5.74, 6) is 0. The molecule has 1 unspecified atom stereocenters. The van der Waals surface area contributed by atoms with E-state index in [9.17, 15) is 0 Å². The molecule has 0 heterocycles. The number of hydrogen-bond acceptors (Lipinski definition) is 2. The predicted octanol–water partition coefficient (Wildman–Crippen LogP) is 3.49. The van der Waals surface area contributed by atoms with Gasteiger partial charge in [-0.1, -0.05) is 52.4 Å². The summed E-state index contributed by atoms with van der Waals surface area (Å²) < 4.78 is 5.53. The van der Waals surface area contributed by atoms with Gasteiger partial charge in [0, 0.05) is 12.6 Å². The highest BCUT2D eigenvalue weighted by Gasteiger charge is 1.99. The minimum atomic E-state index is 0.245. The average Bonchev–Trinajstić information content (AvgIpc) is 2.22. The predicted molar refractivity (Wildman–Crippen MR) is 67.1 cm³/mol. The van der Waals surface area contributed by atoms with Gasteiger partial charge < -0.3 is 10.5 Å². The van der Waals surface area contributed by atoms with Gasteiger partial charge in [0.15, 0.2) is 0 Å². The highest BCUT2D eigenvalue weighted by molar-refractivity contribution is 4.57. The van der Waals surface area contributed by atoms with Gasteiger partial charge in [0.05, 0.1) is 6.61 Å². The summed E-state index contributed by atoms with van der Waals surface area (Å²) in [7, 11) is 0. The Kier molecular flexibility index (Phi) is 11.9. The molecule has 0 bridgehead atoms. The van der Waals surface area contributed by atoms with Gasteiger partial charge in [-0.05, 0) is 12.8 Å². The molecule has 0 radical (unpaired) electrons. The summed E-state index contributed by atoms with van der Waals surface area (Å²) in [6.45, 7) is 6.04. The van der Waals surface area contributed by atoms with Crippen molar-refractivity contribution in [2.45, 2.75) is 71.3 Å². The molecule has 2 N–H and O–H groups in total. The van der Waals surface area contributed by atoms with E-state index < -0.39 is 0 Å². The van der Waals surface area contributed by atoms with Crippen molar-refractivity contribution in [3.05, 3.63) is 0 Å². The minimum Gasteiger partial charge on any atom is -0.380 e. The molecule has 0 aromatic rings. The molecule has 0 rings (SSSR count). The van der Waals surface area contributed by atoms with Gasteiger partial charge in [0.1, 0.15) is 0 Å². The third-order valence-electron chi connectivity index (χ3n) is 2.63. The number of unbranched alkanes of at least 4 members (excludes halogenated alkanes) is 5. The van der Waals surface area contributed by atoms with Gasteiger partial charge in [-0.2, -0.15) is 0 Å². The highest BCUT2D eigenvalue weighted by Crippen LogP contribution is 2.05. The van der Waals surface area contributed by atoms with Crippen LogP contribution in [0.25, 0.3) is 0 Å². The van der Waals surface area contributed by atoms with Crippen LogP contribution in [0.2, 0.25) is 0 Å². The topological polar surface area (TPSA) is 35.2 Å². The summed E-state index contributed by atoms with van der Waals surface area (Å²) in [4.78, 5) is 0. The maximum absolute atomic E-state index is 5.84. The van der Waals surface area contributed by atoms with E-state index in [2.05, 4.69) is 13.8 Å². The van der Waals surface area contributed by atoms with Crippen molar-refractivity contribution >= 4 is 0 Å². The SMILES string of the molecule is CCCCCCCCOCC(N)CCC. The summed E-state index contributed by atoms with van der Waals surface area (Å²) in [5.41, 5.74) is 5.84. The lowest BCUT2D eigenvalue weighted by Gasteiger charge is -2.10. The van der Waals surface area contributed by atoms with Crippen LogP contribution in [0.15, 0.2) is 0 Å². The van der Waals surface area contributed by atoms with Crippen LogP contribution in [-0.4, -0.2) is 19.3 Å². The number of nitrogens with two attached hydrogens (primary N) is 1. The van der Waals surface area contributed by atoms with Crippen molar-refractivity contribution in [3.63, 3.8) is 0 Å². The molecule has 2 nitrogen and oxygen atoms in total. The molecular weight excluding hydrogens is 186 g/mol. The standard InChI is InChI=1S/C13H29NO/c1-3-5-6-7-8-9-11-15-12-13(14)10-4-2/h13H,3-12,14H2,1-2H3. The Morgan fingerprint density at radius 1 is 0.933 bits per heavy atom. The van der Waals surface area contributed by atoms with Crippen LogP contribution in [0.1, 0.15) is 65.2 Å². The van der Waals surface area contributed by atoms with E-state index >= 15 is 0 Å². The molecule has 0 spiro atoms. The number of rotatable bonds is 11. The van der Waals surface area contributed by atoms with E-state index in [0.29, 0.717) is 0 Å². The van der Waals surface area contributed by atoms with Gasteiger partial charge in [0.2, 0.25) is 0 Å². The van der Waals surface area contributed by atoms with Gasteiger partial charge in [-0.3, -0.25) is 0 Å². The van der Waals surface area contributed by atoms with E-state index in [4.69, 9.17) is 10.5 Å². The number of ether oxygens (including phenoxy) is 1. The first-order valence-corrected chi connectivity index (χ1v) is 6.64. The summed E-state index contributed by atoms with van der Waals surface area (Å²) in [6, 6.07) is 0.245. The molecule has 0 saturated carbocycles. The van der Waals surface area contributed by atoms with E-state index in [1.807, 2.05) is 0 Å². The molecule has 0 aliphatic carbocycles. The lowest BCUT2D eigenvalue weighted by atomic mass is 10.1. The fourth-order valence-corrected chi connectivity index (χ4v) is 1.67. The van der Waals surface area contributed by atoms with E-state index in [-0.39, 0.29) is 6.04 Å². The van der Waals surface area contributed by atoms with Crippen LogP contribution in [-0.2, 0) is 4.74 Å². The van der Waals surface area contributed by atoms with Gasteiger partial charge in [-0.15, -0.1) is 0 Å². The van der Waals surface area contributed by atoms with Gasteiger partial charge in [0.25, 0.3) is 0 Å². The van der Waals surface area contributed by atoms with Crippen molar-refractivity contribution in [3.8, 4) is 0 Å². The zero-order valence-electron chi connectivity index (χ0n) is 10.6. The third kappa shape index (κ3) is 11.8. The fourth-order valence-electron chi connectivity index (χ4n) is 1.67. The third-order valence-corrected chi connectivity index (χ3v) is 2.63. The Morgan fingerprint density at radius 2 is 1.60 bits per heavy atom. The molecule has 0 aromatic heterocycles. The Balaban J connectivity index is 2.98. The van der Waals surface area contributed by atoms with Crippen molar-refractivity contribution in [1.82, 2.24) is 0 Å². The molecule has 2 heteroatoms. The first-order valence-electron chi connectivity index (χ1n) is 6.64. The normalized spacial score (nSPS) is 13.0. The molecule has 1 atom stereocenters. The Hall–Kier alpha value is -0.0800. The minimum absolute atomic E-state index is 0.245. The van der Waals surface area contributed by atoms with Crippen LogP contribution in [0.4, 0.5) is 0 Å². The Morgan fingerprint density at radius 3 is 2.27 bits per heavy atom. The van der Waals surface area contributed by atoms with E-state index in [0.717, 1.165) is 26.1 Å². The van der Waals surface area contributed by atoms with Gasteiger partial charge >= 0.3 is 0 Å². The monoisotopic (exact) mass is 215 g/mol. The van der Waals surface area contributed by atoms with Crippen molar-refractivity contribution in [2.24, 2.45) is 5.73 Å². The van der Waals surface area contributed by atoms with Crippen molar-refractivity contribution in [2.75, 3.05) is 13.2 Å². The summed E-state index contributed by atoms with van der Waals surface area (Å²) >= 11 is 0. The maximum atomic E-state index is 5.84. The Bertz CT molecular complexity index is 117. The smallest absolute Gasteiger partial charge is 0.0617 e. The zero-order chi connectivity index (χ0) is 11.4. The molecular formula is C13H29NO. The van der Waals surface area contributed by atoms with Crippen LogP contribution >= 0.6 is 0 Å². The zero-order valence-corrected chi connectivity index (χ0v) is 10.6. The van der Waals surface area contributed by atoms with E-state index in [1.54, 1.807) is 0 Å². The Labute approximate surface area is 95.6 Å². The van der Waals surface area contributed by atoms with E-state index in [1.165, 1.54) is 38.5 Å². The molecule has 0 aromatic carbocycles. The van der Waals surface area contributed by atoms with Crippen LogP contribution in [0.5, 0.6) is 0 Å². The molecule has 92 valence electrons. The van der Waals surface area contributed by atoms with Crippen molar-refractivity contribution < 1.29 is 4.74 Å². The molecule has 0 fully saturated rings. The van der Waals surface area contributed by atoms with Crippen LogP contribution < -0.4 is 5.73 Å². The second-order valence-electron chi connectivity index (χ2n) is 4.39. The second-order valence-corrected chi connectivity index (χ2v) is 4.39. The molecule has 0 aliphatic rings. The van der Waals surface area contributed by atoms with Gasteiger partial charge in [-0.25, -0.2) is 0 Å². The second kappa shape index (κ2) is 12.0. The largest absolute Gasteiger partial charge is 0.380 e. The average molecular weight is 215 g/mol. The van der Waals surface area contributed by atoms with Crippen LogP contribution in [0, 0.1) is 0 Å². The molecule has 0 saturated heterocycles. The maximum Gasteiger partial charge on any atom is 0.0617 e. The molecule has 0 aliphatic heterocycles. The molecule has 15 heavy (non-hydrogen) atoms. The highest BCUT2D eigenvalue weighted by atomic mass is 16.5. The summed E-state index contributed by atoms with van der Waals surface area (Å²) in [5, 5.41) is 0. The first-order chi connectivity index (χ1) is 7.31. The first kappa shape index (κ1) is 14.9. The van der Waals surface area contributed by atoms with Crippen LogP contribution in [0.3, 0.4) is 0 Å². The lowest BCUT2D eigenvalue weighted by molar-refractivity contribution is 0.114. The number of hydrogen-bond donors (Lipinski definition) is 1. The fraction of sp³-hybridized carbons (Fsp3) is 1.00. The van der Waals surface area contributed by atoms with Crippen molar-refractivity contribution in [1.29, 1.82) is 0 Å².